The Morgan fingerprint density at radius 2 is 1.85 bits per heavy atom. The third kappa shape index (κ3) is 4.97. The molecule has 1 N–H and O–H groups in total. The number of likely N-dealkylation sites (tertiary alicyclic amines) is 1. The summed E-state index contributed by atoms with van der Waals surface area (Å²) in [7, 11) is 1.62. The van der Waals surface area contributed by atoms with Gasteiger partial charge in [-0.05, 0) is 61.1 Å². The predicted molar refractivity (Wildman–Crippen MR) is 130 cm³/mol. The number of aliphatic hydroxyl groups is 1. The lowest BCUT2D eigenvalue weighted by molar-refractivity contribution is -0.138. The molecule has 1 fully saturated rings. The van der Waals surface area contributed by atoms with Gasteiger partial charge in [0.25, 0.3) is 0 Å². The minimum Gasteiger partial charge on any atom is -0.495 e. The number of amides is 1. The Bertz CT molecular complexity index is 1120. The van der Waals surface area contributed by atoms with Crippen LogP contribution >= 0.6 is 0 Å². The quantitative estimate of drug-likeness (QED) is 0.494. The number of hydrogen-bond acceptors (Lipinski definition) is 4. The first-order chi connectivity index (χ1) is 16.5. The van der Waals surface area contributed by atoms with Gasteiger partial charge in [-0.2, -0.15) is 0 Å². The van der Waals surface area contributed by atoms with Gasteiger partial charge < -0.3 is 14.7 Å². The molecule has 0 bridgehead atoms. The normalized spacial score (nSPS) is 19.2. The van der Waals surface area contributed by atoms with Crippen LogP contribution in [0.25, 0.3) is 11.1 Å². The Morgan fingerprint density at radius 1 is 1.12 bits per heavy atom. The number of hydrogen-bond donors (Lipinski definition) is 1. The van der Waals surface area contributed by atoms with Crippen LogP contribution in [0.1, 0.15) is 49.8 Å². The third-order valence-electron chi connectivity index (χ3n) is 7.05. The molecule has 2 aromatic carbocycles. The van der Waals surface area contributed by atoms with Crippen LogP contribution in [0, 0.1) is 5.82 Å². The van der Waals surface area contributed by atoms with Crippen LogP contribution in [0.5, 0.6) is 5.75 Å². The van der Waals surface area contributed by atoms with Crippen molar-refractivity contribution < 1.29 is 19.0 Å². The Labute approximate surface area is 200 Å². The number of nitrogens with zero attached hydrogens (tertiary/aromatic N) is 2. The summed E-state index contributed by atoms with van der Waals surface area (Å²) >= 11 is 0. The zero-order valence-electron chi connectivity index (χ0n) is 19.7. The molecule has 0 radical (unpaired) electrons. The van der Waals surface area contributed by atoms with E-state index < -0.39 is 0 Å². The second kappa shape index (κ2) is 10.3. The third-order valence-corrected chi connectivity index (χ3v) is 7.05. The van der Waals surface area contributed by atoms with Crippen LogP contribution < -0.4 is 4.74 Å². The molecule has 4 rings (SSSR count). The molecule has 2 heterocycles. The maximum Gasteiger partial charge on any atom is 0.223 e. The van der Waals surface area contributed by atoms with Crippen LogP contribution in [0.4, 0.5) is 4.39 Å². The van der Waals surface area contributed by atoms with Crippen molar-refractivity contribution in [3.05, 3.63) is 83.9 Å². The summed E-state index contributed by atoms with van der Waals surface area (Å²) in [5.41, 5.74) is 3.68. The van der Waals surface area contributed by atoms with Crippen LogP contribution in [-0.4, -0.2) is 41.2 Å². The van der Waals surface area contributed by atoms with Crippen molar-refractivity contribution in [2.75, 3.05) is 20.3 Å². The predicted octanol–water partition coefficient (Wildman–Crippen LogP) is 5.29. The van der Waals surface area contributed by atoms with Gasteiger partial charge >= 0.3 is 0 Å². The van der Waals surface area contributed by atoms with Crippen molar-refractivity contribution in [2.45, 2.75) is 44.1 Å². The van der Waals surface area contributed by atoms with Crippen molar-refractivity contribution in [1.29, 1.82) is 0 Å². The summed E-state index contributed by atoms with van der Waals surface area (Å²) in [6.45, 7) is 2.75. The van der Waals surface area contributed by atoms with Gasteiger partial charge in [0.15, 0.2) is 0 Å². The number of ether oxygens (including phenoxy) is 1. The number of aromatic nitrogens is 1. The number of halogens is 1. The minimum absolute atomic E-state index is 0.0611. The van der Waals surface area contributed by atoms with Gasteiger partial charge in [0.1, 0.15) is 11.6 Å². The number of aliphatic hydroxyl groups excluding tert-OH is 1. The molecule has 1 aromatic heterocycles. The summed E-state index contributed by atoms with van der Waals surface area (Å²) in [6, 6.07) is 16.6. The van der Waals surface area contributed by atoms with Crippen molar-refractivity contribution in [2.24, 2.45) is 0 Å². The van der Waals surface area contributed by atoms with Crippen LogP contribution in [0.15, 0.2) is 67.0 Å². The number of piperidine rings is 1. The number of carbonyl (C=O) groups excluding carboxylic acids is 1. The summed E-state index contributed by atoms with van der Waals surface area (Å²) in [4.78, 5) is 19.5. The molecule has 5 nitrogen and oxygen atoms in total. The van der Waals surface area contributed by atoms with E-state index in [4.69, 9.17) is 4.74 Å². The highest BCUT2D eigenvalue weighted by atomic mass is 19.1. The second-order valence-electron chi connectivity index (χ2n) is 9.04. The highest BCUT2D eigenvalue weighted by Gasteiger charge is 2.41. The summed E-state index contributed by atoms with van der Waals surface area (Å²) in [5, 5.41) is 9.42. The molecule has 6 heteroatoms. The Hall–Kier alpha value is -3.25. The first-order valence-corrected chi connectivity index (χ1v) is 11.7. The van der Waals surface area contributed by atoms with Gasteiger partial charge in [-0.3, -0.25) is 9.78 Å². The molecular weight excluding hydrogens is 431 g/mol. The van der Waals surface area contributed by atoms with Crippen molar-refractivity contribution in [1.82, 2.24) is 9.88 Å². The molecule has 1 unspecified atom stereocenters. The Balaban J connectivity index is 1.51. The fraction of sp³-hybridized carbons (Fsp3) is 0.357. The first kappa shape index (κ1) is 23.9. The first-order valence-electron chi connectivity index (χ1n) is 11.7. The maximum absolute atomic E-state index is 13.5. The molecule has 1 amide bonds. The number of pyridine rings is 1. The number of benzene rings is 2. The standard InChI is InChI=1S/C28H31FN2O3/c1-20(21-4-6-22(7-5-21)23-16-26(34-2)19-30-18-23)31-14-13-28(12-3-15-32,17-27(31)33)24-8-10-25(29)11-9-24/h4-11,16,18-20,32H,3,12-15,17H2,1-2H3/t20-,28?/m0/s1. The summed E-state index contributed by atoms with van der Waals surface area (Å²) < 4.78 is 18.8. The SMILES string of the molecule is COc1cncc(-c2ccc([C@H](C)N3CCC(CCCO)(c4ccc(F)cc4)CC3=O)cc2)c1. The number of carbonyl (C=O) groups is 1. The van der Waals surface area contributed by atoms with Crippen LogP contribution in [0.3, 0.4) is 0 Å². The number of rotatable bonds is 8. The van der Waals surface area contributed by atoms with E-state index in [1.807, 2.05) is 23.1 Å². The molecule has 1 aliphatic heterocycles. The lowest BCUT2D eigenvalue weighted by atomic mass is 9.69. The lowest BCUT2D eigenvalue weighted by Gasteiger charge is -2.44. The molecule has 0 aliphatic carbocycles. The van der Waals surface area contributed by atoms with E-state index in [2.05, 4.69) is 24.0 Å². The fourth-order valence-electron chi connectivity index (χ4n) is 5.00. The van der Waals surface area contributed by atoms with Gasteiger partial charge in [-0.15, -0.1) is 0 Å². The maximum atomic E-state index is 13.5. The van der Waals surface area contributed by atoms with E-state index in [0.717, 1.165) is 28.7 Å². The fourth-order valence-corrected chi connectivity index (χ4v) is 5.00. The van der Waals surface area contributed by atoms with E-state index in [9.17, 15) is 14.3 Å². The molecule has 0 spiro atoms. The second-order valence-corrected chi connectivity index (χ2v) is 9.04. The topological polar surface area (TPSA) is 62.7 Å². The van der Waals surface area contributed by atoms with Crippen LogP contribution in [-0.2, 0) is 10.2 Å². The van der Waals surface area contributed by atoms with Gasteiger partial charge in [0, 0.05) is 36.7 Å². The average Bonchev–Trinajstić information content (AvgIpc) is 2.87. The zero-order valence-corrected chi connectivity index (χ0v) is 19.7. The smallest absolute Gasteiger partial charge is 0.223 e. The van der Waals surface area contributed by atoms with Crippen LogP contribution in [0.2, 0.25) is 0 Å². The largest absolute Gasteiger partial charge is 0.495 e. The summed E-state index contributed by atoms with van der Waals surface area (Å²) in [5.74, 6) is 0.508. The van der Waals surface area contributed by atoms with E-state index in [1.54, 1.807) is 31.6 Å². The monoisotopic (exact) mass is 462 g/mol. The van der Waals surface area contributed by atoms with Gasteiger partial charge in [-0.25, -0.2) is 4.39 Å². The average molecular weight is 463 g/mol. The van der Waals surface area contributed by atoms with Crippen molar-refractivity contribution in [3.63, 3.8) is 0 Å². The zero-order chi connectivity index (χ0) is 24.1. The van der Waals surface area contributed by atoms with E-state index >= 15 is 0 Å². The highest BCUT2D eigenvalue weighted by molar-refractivity contribution is 5.79. The Morgan fingerprint density at radius 3 is 2.50 bits per heavy atom. The van der Waals surface area contributed by atoms with Gasteiger partial charge in [-0.1, -0.05) is 36.4 Å². The molecule has 1 saturated heterocycles. The van der Waals surface area contributed by atoms with E-state index in [1.165, 1.54) is 12.1 Å². The van der Waals surface area contributed by atoms with E-state index in [-0.39, 0.29) is 29.8 Å². The van der Waals surface area contributed by atoms with Crippen molar-refractivity contribution in [3.8, 4) is 16.9 Å². The van der Waals surface area contributed by atoms with E-state index in [0.29, 0.717) is 31.6 Å². The van der Waals surface area contributed by atoms with Gasteiger partial charge in [0.2, 0.25) is 5.91 Å². The molecular formula is C28H31FN2O3. The summed E-state index contributed by atoms with van der Waals surface area (Å²) in [6.07, 6.45) is 5.93. The van der Waals surface area contributed by atoms with Gasteiger partial charge in [0.05, 0.1) is 19.3 Å². The highest BCUT2D eigenvalue weighted by Crippen LogP contribution is 2.42. The molecule has 0 saturated carbocycles. The molecule has 178 valence electrons. The molecule has 2 atom stereocenters. The Kier molecular flexibility index (Phi) is 7.27. The lowest BCUT2D eigenvalue weighted by Crippen LogP contribution is -2.47. The van der Waals surface area contributed by atoms with Crippen molar-refractivity contribution >= 4 is 5.91 Å². The molecule has 3 aromatic rings. The minimum atomic E-state index is -0.368. The molecule has 34 heavy (non-hydrogen) atoms. The number of methoxy groups -OCH3 is 1. The molecule has 1 aliphatic rings.